The van der Waals surface area contributed by atoms with Crippen molar-refractivity contribution in [1.29, 1.82) is 0 Å². The molecule has 0 spiro atoms. The lowest BCUT2D eigenvalue weighted by Crippen LogP contribution is -2.52. The predicted molar refractivity (Wildman–Crippen MR) is 84.2 cm³/mol. The van der Waals surface area contributed by atoms with Crippen LogP contribution in [0.25, 0.3) is 0 Å². The van der Waals surface area contributed by atoms with E-state index in [1.54, 1.807) is 7.05 Å². The average Bonchev–Trinajstić information content (AvgIpc) is 2.87. The fraction of sp³-hybridized carbons (Fsp3) is 0.667. The van der Waals surface area contributed by atoms with Gasteiger partial charge in [-0.25, -0.2) is 18.1 Å². The number of rotatable bonds is 5. The highest BCUT2D eigenvalue weighted by Crippen LogP contribution is 2.10. The molecule has 0 saturated carbocycles. The fourth-order valence-electron chi connectivity index (χ4n) is 2.20. The minimum absolute atomic E-state index is 0. The van der Waals surface area contributed by atoms with Crippen molar-refractivity contribution >= 4 is 28.3 Å². The highest BCUT2D eigenvalue weighted by molar-refractivity contribution is 7.89. The second kappa shape index (κ2) is 7.91. The van der Waals surface area contributed by atoms with Crippen molar-refractivity contribution in [3.63, 3.8) is 0 Å². The number of nitrogens with zero attached hydrogens (tertiary/aromatic N) is 2. The summed E-state index contributed by atoms with van der Waals surface area (Å²) in [4.78, 5) is 15.6. The summed E-state index contributed by atoms with van der Waals surface area (Å²) in [5.74, 6) is 0.0395. The van der Waals surface area contributed by atoms with Crippen LogP contribution in [0.5, 0.6) is 0 Å². The monoisotopic (exact) mass is 351 g/mol. The number of amides is 1. The van der Waals surface area contributed by atoms with E-state index in [9.17, 15) is 13.2 Å². The molecule has 1 fully saturated rings. The molecule has 2 unspecified atom stereocenters. The van der Waals surface area contributed by atoms with Gasteiger partial charge < -0.3 is 15.2 Å². The summed E-state index contributed by atoms with van der Waals surface area (Å²) in [5.41, 5.74) is 0. The number of aromatic nitrogens is 2. The van der Waals surface area contributed by atoms with Gasteiger partial charge in [0.25, 0.3) is 10.0 Å². The Labute approximate surface area is 136 Å². The van der Waals surface area contributed by atoms with E-state index < -0.39 is 10.0 Å². The van der Waals surface area contributed by atoms with Gasteiger partial charge in [0, 0.05) is 25.8 Å². The highest BCUT2D eigenvalue weighted by atomic mass is 35.5. The van der Waals surface area contributed by atoms with Crippen molar-refractivity contribution in [2.75, 3.05) is 19.6 Å². The Kier molecular flexibility index (Phi) is 6.79. The van der Waals surface area contributed by atoms with Gasteiger partial charge in [0.2, 0.25) is 5.91 Å². The summed E-state index contributed by atoms with van der Waals surface area (Å²) in [5, 5.41) is 5.96. The summed E-state index contributed by atoms with van der Waals surface area (Å²) in [6.45, 7) is 3.44. The lowest BCUT2D eigenvalue weighted by atomic mass is 9.95. The van der Waals surface area contributed by atoms with Crippen LogP contribution in [0.1, 0.15) is 13.3 Å². The molecule has 0 aromatic carbocycles. The normalized spacial score (nSPS) is 21.9. The van der Waals surface area contributed by atoms with Gasteiger partial charge in [-0.1, -0.05) is 6.92 Å². The van der Waals surface area contributed by atoms with E-state index in [0.717, 1.165) is 13.0 Å². The largest absolute Gasteiger partial charge is 0.351 e. The first-order valence-electron chi connectivity index (χ1n) is 6.86. The molecule has 2 rings (SSSR count). The molecule has 1 saturated heterocycles. The summed E-state index contributed by atoms with van der Waals surface area (Å²) < 4.78 is 27.6. The summed E-state index contributed by atoms with van der Waals surface area (Å²) in [7, 11) is -2.07. The molecule has 2 heterocycles. The molecule has 1 aliphatic rings. The number of piperidine rings is 1. The number of carbonyl (C=O) groups is 1. The SMILES string of the molecule is CC1CCNCC1NC(=O)CNS(=O)(=O)c1cn(C)cn1.Cl. The number of imidazole rings is 1. The molecule has 0 radical (unpaired) electrons. The van der Waals surface area contributed by atoms with Crippen LogP contribution in [-0.2, 0) is 21.9 Å². The Balaban J connectivity index is 0.00000242. The first kappa shape index (κ1) is 18.9. The Bertz CT molecular complexity index is 604. The molecule has 126 valence electrons. The zero-order chi connectivity index (χ0) is 15.5. The number of carbonyl (C=O) groups excluding carboxylic acids is 1. The average molecular weight is 352 g/mol. The van der Waals surface area contributed by atoms with Gasteiger partial charge >= 0.3 is 0 Å². The number of hydrogen-bond donors (Lipinski definition) is 3. The molecule has 2 atom stereocenters. The quantitative estimate of drug-likeness (QED) is 0.646. The molecule has 0 bridgehead atoms. The van der Waals surface area contributed by atoms with E-state index in [1.165, 1.54) is 17.1 Å². The molecule has 1 aromatic heterocycles. The molecular weight excluding hydrogens is 330 g/mol. The second-order valence-corrected chi connectivity index (χ2v) is 7.06. The summed E-state index contributed by atoms with van der Waals surface area (Å²) >= 11 is 0. The first-order valence-corrected chi connectivity index (χ1v) is 8.34. The zero-order valence-corrected chi connectivity index (χ0v) is 14.2. The molecule has 10 heteroatoms. The fourth-order valence-corrected chi connectivity index (χ4v) is 3.16. The highest BCUT2D eigenvalue weighted by Gasteiger charge is 2.24. The van der Waals surface area contributed by atoms with E-state index in [2.05, 4.69) is 27.3 Å². The number of aryl methyl sites for hydroxylation is 1. The molecule has 3 N–H and O–H groups in total. The number of hydrogen-bond acceptors (Lipinski definition) is 5. The van der Waals surface area contributed by atoms with Gasteiger partial charge in [0.1, 0.15) is 0 Å². The Morgan fingerprint density at radius 1 is 1.55 bits per heavy atom. The van der Waals surface area contributed by atoms with E-state index in [1.807, 2.05) is 0 Å². The zero-order valence-electron chi connectivity index (χ0n) is 12.6. The summed E-state index contributed by atoms with van der Waals surface area (Å²) in [6.07, 6.45) is 3.77. The maximum Gasteiger partial charge on any atom is 0.260 e. The molecule has 1 aromatic rings. The number of nitrogens with one attached hydrogen (secondary N) is 3. The van der Waals surface area contributed by atoms with Gasteiger partial charge in [-0.2, -0.15) is 0 Å². The lowest BCUT2D eigenvalue weighted by Gasteiger charge is -2.30. The minimum atomic E-state index is -3.75. The van der Waals surface area contributed by atoms with Crippen LogP contribution < -0.4 is 15.4 Å². The molecule has 1 aliphatic heterocycles. The molecule has 8 nitrogen and oxygen atoms in total. The third kappa shape index (κ3) is 4.94. The lowest BCUT2D eigenvalue weighted by molar-refractivity contribution is -0.121. The van der Waals surface area contributed by atoms with Crippen molar-refractivity contribution in [1.82, 2.24) is 24.9 Å². The third-order valence-corrected chi connectivity index (χ3v) is 4.84. The van der Waals surface area contributed by atoms with Crippen molar-refractivity contribution in [2.45, 2.75) is 24.4 Å². The van der Waals surface area contributed by atoms with Crippen LogP contribution in [0.2, 0.25) is 0 Å². The van der Waals surface area contributed by atoms with Gasteiger partial charge in [0.15, 0.2) is 5.03 Å². The van der Waals surface area contributed by atoms with Crippen molar-refractivity contribution < 1.29 is 13.2 Å². The van der Waals surface area contributed by atoms with Gasteiger partial charge in [-0.15, -0.1) is 12.4 Å². The molecule has 22 heavy (non-hydrogen) atoms. The minimum Gasteiger partial charge on any atom is -0.351 e. The van der Waals surface area contributed by atoms with Crippen molar-refractivity contribution in [3.8, 4) is 0 Å². The number of halogens is 1. The van der Waals surface area contributed by atoms with Crippen LogP contribution in [0.3, 0.4) is 0 Å². The van der Waals surface area contributed by atoms with Crippen molar-refractivity contribution in [3.05, 3.63) is 12.5 Å². The summed E-state index contributed by atoms with van der Waals surface area (Å²) in [6, 6.07) is 0.0330. The van der Waals surface area contributed by atoms with Crippen LogP contribution in [0.4, 0.5) is 0 Å². The van der Waals surface area contributed by atoms with Crippen LogP contribution >= 0.6 is 12.4 Å². The first-order chi connectivity index (χ1) is 9.88. The van der Waals surface area contributed by atoms with Crippen LogP contribution in [0.15, 0.2) is 17.6 Å². The van der Waals surface area contributed by atoms with E-state index >= 15 is 0 Å². The maximum atomic E-state index is 11.9. The van der Waals surface area contributed by atoms with Gasteiger partial charge in [0.05, 0.1) is 12.9 Å². The molecule has 1 amide bonds. The Morgan fingerprint density at radius 2 is 2.27 bits per heavy atom. The maximum absolute atomic E-state index is 11.9. The third-order valence-electron chi connectivity index (χ3n) is 3.55. The van der Waals surface area contributed by atoms with Gasteiger partial charge in [-0.05, 0) is 18.9 Å². The van der Waals surface area contributed by atoms with Crippen LogP contribution in [-0.4, -0.2) is 49.6 Å². The van der Waals surface area contributed by atoms with Crippen molar-refractivity contribution in [2.24, 2.45) is 13.0 Å². The topological polar surface area (TPSA) is 105 Å². The molecule has 0 aliphatic carbocycles. The number of sulfonamides is 1. The predicted octanol–water partition coefficient (Wildman–Crippen LogP) is -0.766. The van der Waals surface area contributed by atoms with E-state index in [0.29, 0.717) is 12.5 Å². The van der Waals surface area contributed by atoms with Crippen LogP contribution in [0, 0.1) is 5.92 Å². The Hall–Kier alpha value is -1.16. The Morgan fingerprint density at radius 3 is 2.86 bits per heavy atom. The molecular formula is C12H22ClN5O3S. The second-order valence-electron chi connectivity index (χ2n) is 5.35. The smallest absolute Gasteiger partial charge is 0.260 e. The van der Waals surface area contributed by atoms with E-state index in [-0.39, 0.29) is 35.9 Å². The van der Waals surface area contributed by atoms with E-state index in [4.69, 9.17) is 0 Å². The van der Waals surface area contributed by atoms with Gasteiger partial charge in [-0.3, -0.25) is 4.79 Å². The standard InChI is InChI=1S/C12H21N5O3S.ClH/c1-9-3-4-13-5-10(9)16-11(18)6-15-21(19,20)12-7-17(2)8-14-12;/h7-10,13,15H,3-6H2,1-2H3,(H,16,18);1H.